The number of nitrogens with zero attached hydrogens (tertiary/aromatic N) is 2. The first-order chi connectivity index (χ1) is 13.1. The molecule has 7 nitrogen and oxygen atoms in total. The summed E-state index contributed by atoms with van der Waals surface area (Å²) in [5, 5.41) is 11.1. The molecule has 0 aliphatic heterocycles. The molecule has 3 N–H and O–H groups in total. The lowest BCUT2D eigenvalue weighted by molar-refractivity contribution is 0.102. The summed E-state index contributed by atoms with van der Waals surface area (Å²) in [5.74, 6) is -0.298. The number of nitrogens with one attached hydrogen (secondary N) is 3. The number of aromatic amines is 2. The molecule has 1 amide bonds. The van der Waals surface area contributed by atoms with E-state index >= 15 is 0 Å². The average Bonchev–Trinajstić information content (AvgIpc) is 3.14. The highest BCUT2D eigenvalue weighted by molar-refractivity contribution is 7.71. The highest BCUT2D eigenvalue weighted by Gasteiger charge is 2.12. The Labute approximate surface area is 158 Å². The van der Waals surface area contributed by atoms with Crippen LogP contribution in [-0.4, -0.2) is 25.7 Å². The molecule has 0 unspecified atom stereocenters. The molecule has 0 atom stereocenters. The van der Waals surface area contributed by atoms with Crippen LogP contribution in [0, 0.1) is 4.77 Å². The molecule has 0 saturated heterocycles. The Bertz CT molecular complexity index is 1320. The number of fused-ring (bicyclic) bond motifs is 2. The van der Waals surface area contributed by atoms with Gasteiger partial charge >= 0.3 is 0 Å². The number of rotatable bonds is 4. The largest absolute Gasteiger partial charge is 0.332 e. The lowest BCUT2D eigenvalue weighted by Gasteiger charge is -2.09. The van der Waals surface area contributed by atoms with Gasteiger partial charge in [0.25, 0.3) is 11.5 Å². The van der Waals surface area contributed by atoms with Crippen molar-refractivity contribution in [2.45, 2.75) is 6.54 Å². The summed E-state index contributed by atoms with van der Waals surface area (Å²) in [6.07, 6.45) is 3.30. The molecule has 8 heteroatoms. The first-order valence-corrected chi connectivity index (χ1v) is 8.60. The molecule has 134 valence electrons. The van der Waals surface area contributed by atoms with Gasteiger partial charge in [-0.05, 0) is 36.5 Å². The summed E-state index contributed by atoms with van der Waals surface area (Å²) in [7, 11) is 0. The number of hydrogen-bond donors (Lipinski definition) is 3. The fourth-order valence-corrected chi connectivity index (χ4v) is 3.23. The molecule has 2 aromatic heterocycles. The normalized spacial score (nSPS) is 11.0. The molecule has 4 rings (SSSR count). The van der Waals surface area contributed by atoms with E-state index in [2.05, 4.69) is 27.1 Å². The Balaban J connectivity index is 1.73. The second kappa shape index (κ2) is 6.65. The average molecular weight is 377 g/mol. The van der Waals surface area contributed by atoms with Crippen molar-refractivity contribution in [3.05, 3.63) is 75.9 Å². The summed E-state index contributed by atoms with van der Waals surface area (Å²) >= 11 is 5.24. The van der Waals surface area contributed by atoms with Crippen LogP contribution in [0.2, 0.25) is 0 Å². The van der Waals surface area contributed by atoms with E-state index < -0.39 is 0 Å². The van der Waals surface area contributed by atoms with Crippen LogP contribution in [0.1, 0.15) is 10.4 Å². The zero-order valence-corrected chi connectivity index (χ0v) is 15.0. The van der Waals surface area contributed by atoms with Crippen LogP contribution in [0.3, 0.4) is 0 Å². The maximum Gasteiger partial charge on any atom is 0.262 e. The van der Waals surface area contributed by atoms with Crippen molar-refractivity contribution in [1.82, 2.24) is 19.7 Å². The molecule has 2 heterocycles. The van der Waals surface area contributed by atoms with Crippen LogP contribution >= 0.6 is 12.2 Å². The zero-order chi connectivity index (χ0) is 19.0. The summed E-state index contributed by atoms with van der Waals surface area (Å²) in [4.78, 5) is 28.2. The van der Waals surface area contributed by atoms with E-state index in [1.54, 1.807) is 36.5 Å². The van der Waals surface area contributed by atoms with Crippen LogP contribution in [0.15, 0.2) is 60.0 Å². The Morgan fingerprint density at radius 1 is 1.33 bits per heavy atom. The number of anilines is 1. The van der Waals surface area contributed by atoms with E-state index in [-0.39, 0.29) is 16.2 Å². The number of carbonyl (C=O) groups excluding carboxylic acids is 1. The maximum absolute atomic E-state index is 12.7. The van der Waals surface area contributed by atoms with E-state index in [4.69, 9.17) is 12.2 Å². The number of hydrogen-bond acceptors (Lipinski definition) is 4. The third kappa shape index (κ3) is 2.96. The van der Waals surface area contributed by atoms with Gasteiger partial charge in [0, 0.05) is 17.5 Å². The monoisotopic (exact) mass is 377 g/mol. The molecule has 4 aromatic rings. The number of para-hydroxylation sites is 1. The van der Waals surface area contributed by atoms with Crippen molar-refractivity contribution < 1.29 is 4.79 Å². The Kier molecular flexibility index (Phi) is 4.17. The minimum Gasteiger partial charge on any atom is -0.332 e. The number of aromatic nitrogens is 4. The molecular formula is C19H15N5O2S. The number of amides is 1. The summed E-state index contributed by atoms with van der Waals surface area (Å²) in [6, 6.07) is 10.4. The standard InChI is InChI=1S/C19H15N5O2S/c1-2-8-24-18(26)13-7-6-11(9-15(13)22-19(24)27)17(25)21-14-5-3-4-12-10-20-23-16(12)14/h2-7,9-10H,1,8H2,(H,20,23)(H,21,25)(H,22,27). The van der Waals surface area contributed by atoms with Gasteiger partial charge in [-0.1, -0.05) is 18.2 Å². The van der Waals surface area contributed by atoms with Crippen LogP contribution in [-0.2, 0) is 6.54 Å². The zero-order valence-electron chi connectivity index (χ0n) is 14.2. The lowest BCUT2D eigenvalue weighted by Crippen LogP contribution is -2.22. The van der Waals surface area contributed by atoms with E-state index in [1.807, 2.05) is 12.1 Å². The van der Waals surface area contributed by atoms with Crippen molar-refractivity contribution in [2.24, 2.45) is 0 Å². The molecule has 27 heavy (non-hydrogen) atoms. The Morgan fingerprint density at radius 3 is 3.00 bits per heavy atom. The fraction of sp³-hybridized carbons (Fsp3) is 0.0526. The number of allylic oxidation sites excluding steroid dienone is 1. The van der Waals surface area contributed by atoms with Gasteiger partial charge in [0.1, 0.15) is 0 Å². The van der Waals surface area contributed by atoms with Crippen LogP contribution in [0.25, 0.3) is 21.8 Å². The van der Waals surface area contributed by atoms with Crippen molar-refractivity contribution in [3.8, 4) is 0 Å². The molecule has 0 aliphatic rings. The van der Waals surface area contributed by atoms with Crippen molar-refractivity contribution in [1.29, 1.82) is 0 Å². The van der Waals surface area contributed by atoms with E-state index in [1.165, 1.54) is 4.57 Å². The van der Waals surface area contributed by atoms with Gasteiger partial charge in [-0.15, -0.1) is 6.58 Å². The Hall–Kier alpha value is -3.52. The van der Waals surface area contributed by atoms with Crippen LogP contribution < -0.4 is 10.9 Å². The van der Waals surface area contributed by atoms with E-state index in [0.717, 1.165) is 10.9 Å². The van der Waals surface area contributed by atoms with Gasteiger partial charge in [0.2, 0.25) is 0 Å². The van der Waals surface area contributed by atoms with Crippen molar-refractivity contribution in [3.63, 3.8) is 0 Å². The minimum absolute atomic E-state index is 0.220. The fourth-order valence-electron chi connectivity index (χ4n) is 2.96. The Morgan fingerprint density at radius 2 is 2.19 bits per heavy atom. The minimum atomic E-state index is -0.298. The molecule has 0 saturated carbocycles. The van der Waals surface area contributed by atoms with Crippen molar-refractivity contribution >= 4 is 45.6 Å². The second-order valence-corrected chi connectivity index (χ2v) is 6.38. The smallest absolute Gasteiger partial charge is 0.262 e. The predicted octanol–water partition coefficient (Wildman–Crippen LogP) is 3.37. The lowest BCUT2D eigenvalue weighted by atomic mass is 10.1. The SMILES string of the molecule is C=CCn1c(=S)[nH]c2cc(C(=O)Nc3cccc4cn[nH]c34)ccc2c1=O. The van der Waals surface area contributed by atoms with E-state index in [0.29, 0.717) is 28.7 Å². The quantitative estimate of drug-likeness (QED) is 0.375. The number of benzene rings is 2. The predicted molar refractivity (Wildman–Crippen MR) is 108 cm³/mol. The van der Waals surface area contributed by atoms with Crippen LogP contribution in [0.4, 0.5) is 5.69 Å². The first kappa shape index (κ1) is 16.9. The third-order valence-corrected chi connectivity index (χ3v) is 4.60. The van der Waals surface area contributed by atoms with E-state index in [9.17, 15) is 9.59 Å². The molecule has 0 fully saturated rings. The summed E-state index contributed by atoms with van der Waals surface area (Å²) < 4.78 is 1.70. The van der Waals surface area contributed by atoms with Crippen molar-refractivity contribution in [2.75, 3.05) is 5.32 Å². The topological polar surface area (TPSA) is 95.6 Å². The van der Waals surface area contributed by atoms with Gasteiger partial charge in [-0.25, -0.2) is 0 Å². The highest BCUT2D eigenvalue weighted by atomic mass is 32.1. The molecule has 0 spiro atoms. The second-order valence-electron chi connectivity index (χ2n) is 5.99. The number of carbonyl (C=O) groups is 1. The maximum atomic E-state index is 12.7. The molecule has 0 aliphatic carbocycles. The molecular weight excluding hydrogens is 362 g/mol. The first-order valence-electron chi connectivity index (χ1n) is 8.19. The van der Waals surface area contributed by atoms with Crippen LogP contribution in [0.5, 0.6) is 0 Å². The van der Waals surface area contributed by atoms with Gasteiger partial charge in [-0.2, -0.15) is 5.10 Å². The molecule has 2 aromatic carbocycles. The van der Waals surface area contributed by atoms with Gasteiger partial charge in [0.05, 0.1) is 28.3 Å². The van der Waals surface area contributed by atoms with Gasteiger partial charge < -0.3 is 10.3 Å². The van der Waals surface area contributed by atoms with Gasteiger partial charge in [0.15, 0.2) is 4.77 Å². The molecule has 0 bridgehead atoms. The third-order valence-electron chi connectivity index (χ3n) is 4.28. The summed E-state index contributed by atoms with van der Waals surface area (Å²) in [6.45, 7) is 3.95. The highest BCUT2D eigenvalue weighted by Crippen LogP contribution is 2.21. The summed E-state index contributed by atoms with van der Waals surface area (Å²) in [5.41, 5.74) is 2.08. The molecule has 0 radical (unpaired) electrons. The van der Waals surface area contributed by atoms with Gasteiger partial charge in [-0.3, -0.25) is 19.3 Å². The number of H-pyrrole nitrogens is 2.